The SMILES string of the molecule is CC(NC(=O)c1ccncc1)c1nc2ccccc2n1Cc1ccc(Cl)cc1Cl. The number of hydrogen-bond donors (Lipinski definition) is 1. The number of halogens is 2. The quantitative estimate of drug-likeness (QED) is 0.474. The fourth-order valence-electron chi connectivity index (χ4n) is 3.26. The summed E-state index contributed by atoms with van der Waals surface area (Å²) in [6.07, 6.45) is 3.19. The van der Waals surface area contributed by atoms with Crippen molar-refractivity contribution in [2.75, 3.05) is 0 Å². The second kappa shape index (κ2) is 8.23. The lowest BCUT2D eigenvalue weighted by atomic mass is 10.2. The lowest BCUT2D eigenvalue weighted by Gasteiger charge is -2.17. The van der Waals surface area contributed by atoms with Crippen LogP contribution >= 0.6 is 23.2 Å². The highest BCUT2D eigenvalue weighted by Gasteiger charge is 2.20. The number of carbonyl (C=O) groups is 1. The highest BCUT2D eigenvalue weighted by Crippen LogP contribution is 2.26. The zero-order valence-electron chi connectivity index (χ0n) is 15.6. The lowest BCUT2D eigenvalue weighted by molar-refractivity contribution is 0.0937. The molecule has 4 aromatic rings. The summed E-state index contributed by atoms with van der Waals surface area (Å²) >= 11 is 12.4. The molecule has 4 rings (SSSR count). The van der Waals surface area contributed by atoms with Gasteiger partial charge in [0.15, 0.2) is 0 Å². The maximum atomic E-state index is 12.6. The van der Waals surface area contributed by atoms with Crippen molar-refractivity contribution in [1.29, 1.82) is 0 Å². The van der Waals surface area contributed by atoms with E-state index in [1.54, 1.807) is 30.6 Å². The largest absolute Gasteiger partial charge is 0.342 e. The second-order valence-corrected chi connectivity index (χ2v) is 7.56. The first-order chi connectivity index (χ1) is 14.0. The summed E-state index contributed by atoms with van der Waals surface area (Å²) in [7, 11) is 0. The number of benzene rings is 2. The number of carbonyl (C=O) groups excluding carboxylic acids is 1. The van der Waals surface area contributed by atoms with E-state index in [0.717, 1.165) is 22.4 Å². The molecule has 0 aliphatic heterocycles. The van der Waals surface area contributed by atoms with Crippen molar-refractivity contribution in [1.82, 2.24) is 19.9 Å². The third kappa shape index (κ3) is 4.11. The van der Waals surface area contributed by atoms with Crippen LogP contribution in [0.25, 0.3) is 11.0 Å². The summed E-state index contributed by atoms with van der Waals surface area (Å²) in [6.45, 7) is 2.43. The topological polar surface area (TPSA) is 59.8 Å². The van der Waals surface area contributed by atoms with Gasteiger partial charge in [0, 0.05) is 28.0 Å². The molecule has 1 N–H and O–H groups in total. The van der Waals surface area contributed by atoms with Crippen molar-refractivity contribution >= 4 is 40.1 Å². The normalized spacial score (nSPS) is 12.1. The van der Waals surface area contributed by atoms with Crippen LogP contribution in [0.5, 0.6) is 0 Å². The molecule has 29 heavy (non-hydrogen) atoms. The molecule has 2 aromatic heterocycles. The van der Waals surface area contributed by atoms with Gasteiger partial charge >= 0.3 is 0 Å². The lowest BCUT2D eigenvalue weighted by Crippen LogP contribution is -2.28. The number of imidazole rings is 1. The Labute approximate surface area is 178 Å². The van der Waals surface area contributed by atoms with Crippen molar-refractivity contribution < 1.29 is 4.79 Å². The van der Waals surface area contributed by atoms with Gasteiger partial charge in [-0.25, -0.2) is 4.98 Å². The number of rotatable bonds is 5. The van der Waals surface area contributed by atoms with E-state index in [1.807, 2.05) is 43.3 Å². The summed E-state index contributed by atoms with van der Waals surface area (Å²) in [6, 6.07) is 16.4. The van der Waals surface area contributed by atoms with Gasteiger partial charge in [0.2, 0.25) is 0 Å². The number of pyridine rings is 1. The average molecular weight is 425 g/mol. The number of nitrogens with zero attached hydrogens (tertiary/aromatic N) is 3. The molecule has 2 aromatic carbocycles. The Morgan fingerprint density at radius 1 is 1.10 bits per heavy atom. The number of amides is 1. The first kappa shape index (κ1) is 19.4. The van der Waals surface area contributed by atoms with E-state index in [1.165, 1.54) is 0 Å². The molecule has 5 nitrogen and oxygen atoms in total. The molecule has 0 aliphatic carbocycles. The van der Waals surface area contributed by atoms with Gasteiger partial charge in [-0.05, 0) is 48.9 Å². The summed E-state index contributed by atoms with van der Waals surface area (Å²) in [5.41, 5.74) is 3.31. The minimum absolute atomic E-state index is 0.178. The Kier molecular flexibility index (Phi) is 5.51. The van der Waals surface area contributed by atoms with Gasteiger partial charge in [0.05, 0.1) is 23.6 Å². The number of fused-ring (bicyclic) bond motifs is 1. The van der Waals surface area contributed by atoms with E-state index in [2.05, 4.69) is 14.9 Å². The molecule has 0 spiro atoms. The number of nitrogens with one attached hydrogen (secondary N) is 1. The van der Waals surface area contributed by atoms with Crippen molar-refractivity contribution in [3.8, 4) is 0 Å². The Balaban J connectivity index is 1.70. The maximum absolute atomic E-state index is 12.6. The molecule has 146 valence electrons. The number of aromatic nitrogens is 3. The van der Waals surface area contributed by atoms with E-state index in [4.69, 9.17) is 28.2 Å². The van der Waals surface area contributed by atoms with Crippen LogP contribution in [0.1, 0.15) is 34.7 Å². The van der Waals surface area contributed by atoms with E-state index >= 15 is 0 Å². The fraction of sp³-hybridized carbons (Fsp3) is 0.136. The molecule has 0 radical (unpaired) electrons. The fourth-order valence-corrected chi connectivity index (χ4v) is 3.73. The molecule has 7 heteroatoms. The smallest absolute Gasteiger partial charge is 0.251 e. The van der Waals surface area contributed by atoms with Crippen LogP contribution in [0.15, 0.2) is 67.0 Å². The van der Waals surface area contributed by atoms with Gasteiger partial charge < -0.3 is 9.88 Å². The van der Waals surface area contributed by atoms with Gasteiger partial charge in [-0.3, -0.25) is 9.78 Å². The molecule has 0 saturated heterocycles. The molecule has 1 atom stereocenters. The van der Waals surface area contributed by atoms with Crippen LogP contribution in [0.2, 0.25) is 10.0 Å². The van der Waals surface area contributed by atoms with E-state index in [9.17, 15) is 4.79 Å². The van der Waals surface area contributed by atoms with Gasteiger partial charge in [-0.15, -0.1) is 0 Å². The van der Waals surface area contributed by atoms with Crippen LogP contribution in [0.3, 0.4) is 0 Å². The zero-order chi connectivity index (χ0) is 20.4. The zero-order valence-corrected chi connectivity index (χ0v) is 17.2. The molecule has 0 bridgehead atoms. The number of hydrogen-bond acceptors (Lipinski definition) is 3. The van der Waals surface area contributed by atoms with Crippen molar-refractivity contribution in [2.24, 2.45) is 0 Å². The Morgan fingerprint density at radius 3 is 2.62 bits per heavy atom. The van der Waals surface area contributed by atoms with Gasteiger partial charge in [-0.1, -0.05) is 41.4 Å². The maximum Gasteiger partial charge on any atom is 0.251 e. The molecular weight excluding hydrogens is 407 g/mol. The van der Waals surface area contributed by atoms with Gasteiger partial charge in [0.1, 0.15) is 5.82 Å². The van der Waals surface area contributed by atoms with Crippen molar-refractivity contribution in [3.05, 3.63) is 94.0 Å². The second-order valence-electron chi connectivity index (χ2n) is 6.71. The molecule has 2 heterocycles. The predicted molar refractivity (Wildman–Crippen MR) is 115 cm³/mol. The first-order valence-corrected chi connectivity index (χ1v) is 9.88. The van der Waals surface area contributed by atoms with Crippen LogP contribution in [-0.2, 0) is 6.54 Å². The van der Waals surface area contributed by atoms with E-state index in [-0.39, 0.29) is 11.9 Å². The van der Waals surface area contributed by atoms with Crippen molar-refractivity contribution in [2.45, 2.75) is 19.5 Å². The van der Waals surface area contributed by atoms with Crippen molar-refractivity contribution in [3.63, 3.8) is 0 Å². The summed E-state index contributed by atoms with van der Waals surface area (Å²) < 4.78 is 2.07. The highest BCUT2D eigenvalue weighted by molar-refractivity contribution is 6.35. The Bertz CT molecular complexity index is 1170. The average Bonchev–Trinajstić information content (AvgIpc) is 3.09. The first-order valence-electron chi connectivity index (χ1n) is 9.13. The van der Waals surface area contributed by atoms with E-state index < -0.39 is 0 Å². The third-order valence-electron chi connectivity index (χ3n) is 4.71. The van der Waals surface area contributed by atoms with Crippen LogP contribution < -0.4 is 5.32 Å². The molecule has 0 aliphatic rings. The summed E-state index contributed by atoms with van der Waals surface area (Å²) in [5.74, 6) is 0.572. The standard InChI is InChI=1S/C22H18Cl2N4O/c1-14(26-22(29)15-8-10-25-11-9-15)21-27-19-4-2-3-5-20(19)28(21)13-16-6-7-17(23)12-18(16)24/h2-12,14H,13H2,1H3,(H,26,29). The minimum Gasteiger partial charge on any atom is -0.342 e. The Hall–Kier alpha value is -2.89. The monoisotopic (exact) mass is 424 g/mol. The van der Waals surface area contributed by atoms with Crippen LogP contribution in [-0.4, -0.2) is 20.4 Å². The van der Waals surface area contributed by atoms with E-state index in [0.29, 0.717) is 22.2 Å². The minimum atomic E-state index is -0.311. The highest BCUT2D eigenvalue weighted by atomic mass is 35.5. The molecule has 0 saturated carbocycles. The summed E-state index contributed by atoms with van der Waals surface area (Å²) in [4.78, 5) is 21.3. The Morgan fingerprint density at radius 2 is 1.86 bits per heavy atom. The molecular formula is C22H18Cl2N4O. The van der Waals surface area contributed by atoms with Gasteiger partial charge in [-0.2, -0.15) is 0 Å². The molecule has 0 fully saturated rings. The third-order valence-corrected chi connectivity index (χ3v) is 5.29. The number of para-hydroxylation sites is 2. The predicted octanol–water partition coefficient (Wildman–Crippen LogP) is 5.28. The van der Waals surface area contributed by atoms with Gasteiger partial charge in [0.25, 0.3) is 5.91 Å². The molecule has 1 unspecified atom stereocenters. The molecule has 1 amide bonds. The van der Waals surface area contributed by atoms with Crippen LogP contribution in [0.4, 0.5) is 0 Å². The van der Waals surface area contributed by atoms with Crippen LogP contribution in [0, 0.1) is 0 Å². The summed E-state index contributed by atoms with van der Waals surface area (Å²) in [5, 5.41) is 4.20.